The molecule has 1 N–H and O–H groups in total. The van der Waals surface area contributed by atoms with Crippen LogP contribution in [0.1, 0.15) is 18.5 Å². The summed E-state index contributed by atoms with van der Waals surface area (Å²) in [4.78, 5) is 23.4. The van der Waals surface area contributed by atoms with Gasteiger partial charge in [0.15, 0.2) is 13.2 Å². The summed E-state index contributed by atoms with van der Waals surface area (Å²) < 4.78 is 36.5. The number of halogens is 3. The number of carbonyl (C=O) groups excluding carboxylic acids is 2. The fourth-order valence-corrected chi connectivity index (χ4v) is 2.28. The van der Waals surface area contributed by atoms with E-state index in [1.54, 1.807) is 18.2 Å². The topological polar surface area (TPSA) is 64.6 Å². The lowest BCUT2D eigenvalue weighted by molar-refractivity contribution is -0.150. The van der Waals surface area contributed by atoms with Gasteiger partial charge in [0.2, 0.25) is 0 Å². The number of hydrogen-bond donors (Lipinski definition) is 1. The van der Waals surface area contributed by atoms with Gasteiger partial charge >= 0.3 is 5.97 Å². The lowest BCUT2D eigenvalue weighted by atomic mass is 10.1. The number of ether oxygens (including phenoxy) is 2. The Morgan fingerprint density at radius 2 is 1.92 bits per heavy atom. The number of benzene rings is 2. The number of hydrogen-bond acceptors (Lipinski definition) is 4. The molecule has 0 unspecified atom stereocenters. The molecule has 8 heteroatoms. The highest BCUT2D eigenvalue weighted by atomic mass is 35.5. The predicted molar refractivity (Wildman–Crippen MR) is 90.8 cm³/mol. The molecule has 0 saturated carbocycles. The second kappa shape index (κ2) is 9.15. The Bertz CT molecular complexity index is 801. The average molecular weight is 384 g/mol. The number of carbonyl (C=O) groups is 2. The maximum atomic E-state index is 13.7. The first-order chi connectivity index (χ1) is 12.3. The quantitative estimate of drug-likeness (QED) is 0.744. The van der Waals surface area contributed by atoms with Gasteiger partial charge in [-0.15, -0.1) is 0 Å². The molecule has 0 aliphatic rings. The van der Waals surface area contributed by atoms with E-state index in [2.05, 4.69) is 5.32 Å². The first kappa shape index (κ1) is 19.7. The second-order valence-electron chi connectivity index (χ2n) is 5.36. The van der Waals surface area contributed by atoms with E-state index in [1.165, 1.54) is 19.1 Å². The van der Waals surface area contributed by atoms with Crippen molar-refractivity contribution in [1.29, 1.82) is 0 Å². The Morgan fingerprint density at radius 3 is 2.62 bits per heavy atom. The summed E-state index contributed by atoms with van der Waals surface area (Å²) >= 11 is 5.78. The van der Waals surface area contributed by atoms with Crippen LogP contribution in [0.25, 0.3) is 0 Å². The lowest BCUT2D eigenvalue weighted by Gasteiger charge is -2.15. The summed E-state index contributed by atoms with van der Waals surface area (Å²) in [6.07, 6.45) is 0. The Balaban J connectivity index is 1.76. The zero-order valence-corrected chi connectivity index (χ0v) is 14.6. The summed E-state index contributed by atoms with van der Waals surface area (Å²) in [6.45, 7) is 0.582. The van der Waals surface area contributed by atoms with E-state index in [0.29, 0.717) is 10.8 Å². The van der Waals surface area contributed by atoms with E-state index in [0.717, 1.165) is 12.1 Å². The Morgan fingerprint density at radius 1 is 1.15 bits per heavy atom. The van der Waals surface area contributed by atoms with Gasteiger partial charge in [0.1, 0.15) is 17.4 Å². The maximum absolute atomic E-state index is 13.7. The van der Waals surface area contributed by atoms with Crippen molar-refractivity contribution >= 4 is 23.5 Å². The van der Waals surface area contributed by atoms with Crippen LogP contribution in [-0.4, -0.2) is 25.1 Å². The Kier molecular flexibility index (Phi) is 6.91. The third-order valence-electron chi connectivity index (χ3n) is 3.32. The fourth-order valence-electron chi connectivity index (χ4n) is 2.10. The van der Waals surface area contributed by atoms with Crippen LogP contribution < -0.4 is 10.1 Å². The molecule has 0 saturated heterocycles. The van der Waals surface area contributed by atoms with Gasteiger partial charge in [-0.25, -0.2) is 13.6 Å². The summed E-state index contributed by atoms with van der Waals surface area (Å²) in [7, 11) is 0. The van der Waals surface area contributed by atoms with E-state index in [9.17, 15) is 18.4 Å². The molecule has 2 aromatic rings. The van der Waals surface area contributed by atoms with Crippen molar-refractivity contribution in [1.82, 2.24) is 5.32 Å². The normalized spacial score (nSPS) is 11.5. The average Bonchev–Trinajstić information content (AvgIpc) is 2.58. The van der Waals surface area contributed by atoms with Gasteiger partial charge in [-0.05, 0) is 31.2 Å². The van der Waals surface area contributed by atoms with Crippen molar-refractivity contribution in [3.05, 3.63) is 64.7 Å². The molecular weight excluding hydrogens is 368 g/mol. The molecule has 26 heavy (non-hydrogen) atoms. The van der Waals surface area contributed by atoms with Crippen LogP contribution in [0, 0.1) is 11.6 Å². The van der Waals surface area contributed by atoms with Crippen molar-refractivity contribution in [2.45, 2.75) is 13.0 Å². The zero-order chi connectivity index (χ0) is 19.1. The van der Waals surface area contributed by atoms with Gasteiger partial charge in [0, 0.05) is 16.7 Å². The monoisotopic (exact) mass is 383 g/mol. The van der Waals surface area contributed by atoms with E-state index in [1.807, 2.05) is 0 Å². The zero-order valence-electron chi connectivity index (χ0n) is 13.8. The first-order valence-corrected chi connectivity index (χ1v) is 8.01. The minimum absolute atomic E-state index is 0.121. The highest BCUT2D eigenvalue weighted by molar-refractivity contribution is 6.30. The molecule has 0 spiro atoms. The number of esters is 1. The van der Waals surface area contributed by atoms with Crippen LogP contribution in [0.3, 0.4) is 0 Å². The first-order valence-electron chi connectivity index (χ1n) is 7.63. The van der Waals surface area contributed by atoms with Crippen LogP contribution >= 0.6 is 11.6 Å². The minimum Gasteiger partial charge on any atom is -0.482 e. The van der Waals surface area contributed by atoms with Gasteiger partial charge in [-0.3, -0.25) is 4.79 Å². The SMILES string of the molecule is C[C@@H](NC(=O)COC(=O)COc1cccc(Cl)c1)c1ccc(F)cc1F. The summed E-state index contributed by atoms with van der Waals surface area (Å²) in [5.41, 5.74) is 0.121. The third-order valence-corrected chi connectivity index (χ3v) is 3.56. The lowest BCUT2D eigenvalue weighted by Crippen LogP contribution is -2.32. The van der Waals surface area contributed by atoms with E-state index >= 15 is 0 Å². The number of amides is 1. The molecule has 0 aliphatic heterocycles. The van der Waals surface area contributed by atoms with Crippen molar-refractivity contribution in [2.24, 2.45) is 0 Å². The van der Waals surface area contributed by atoms with Gasteiger partial charge in [-0.1, -0.05) is 23.7 Å². The van der Waals surface area contributed by atoms with E-state index in [4.69, 9.17) is 21.1 Å². The summed E-state index contributed by atoms with van der Waals surface area (Å²) in [6, 6.07) is 8.80. The summed E-state index contributed by atoms with van der Waals surface area (Å²) in [5.74, 6) is -2.47. The van der Waals surface area contributed by atoms with Crippen molar-refractivity contribution in [3.63, 3.8) is 0 Å². The molecule has 1 amide bonds. The standard InChI is InChI=1S/C18H16ClF2NO4/c1-11(15-6-5-13(20)8-16(15)21)22-17(23)9-26-18(24)10-25-14-4-2-3-12(19)7-14/h2-8,11H,9-10H2,1H3,(H,22,23)/t11-/m1/s1. The highest BCUT2D eigenvalue weighted by Crippen LogP contribution is 2.18. The highest BCUT2D eigenvalue weighted by Gasteiger charge is 2.15. The van der Waals surface area contributed by atoms with Crippen molar-refractivity contribution in [2.75, 3.05) is 13.2 Å². The van der Waals surface area contributed by atoms with Crippen LogP contribution in [-0.2, 0) is 14.3 Å². The molecule has 0 radical (unpaired) electrons. The minimum atomic E-state index is -0.773. The molecule has 0 aliphatic carbocycles. The van der Waals surface area contributed by atoms with Crippen LogP contribution in [0.4, 0.5) is 8.78 Å². The number of rotatable bonds is 7. The molecule has 1 atom stereocenters. The largest absolute Gasteiger partial charge is 0.482 e. The van der Waals surface area contributed by atoms with Gasteiger partial charge in [0.25, 0.3) is 5.91 Å². The molecule has 0 aromatic heterocycles. The Labute approximate surface area is 153 Å². The molecule has 0 fully saturated rings. The molecule has 2 aromatic carbocycles. The maximum Gasteiger partial charge on any atom is 0.344 e. The number of nitrogens with one attached hydrogen (secondary N) is 1. The van der Waals surface area contributed by atoms with Gasteiger partial charge < -0.3 is 14.8 Å². The molecule has 0 heterocycles. The molecule has 0 bridgehead atoms. The van der Waals surface area contributed by atoms with Crippen molar-refractivity contribution in [3.8, 4) is 5.75 Å². The molecular formula is C18H16ClF2NO4. The van der Waals surface area contributed by atoms with Crippen LogP contribution in [0.5, 0.6) is 5.75 Å². The van der Waals surface area contributed by atoms with Crippen molar-refractivity contribution < 1.29 is 27.8 Å². The molecule has 5 nitrogen and oxygen atoms in total. The smallest absolute Gasteiger partial charge is 0.344 e. The van der Waals surface area contributed by atoms with Crippen LogP contribution in [0.15, 0.2) is 42.5 Å². The van der Waals surface area contributed by atoms with E-state index < -0.39 is 42.8 Å². The Hall–Kier alpha value is -2.67. The van der Waals surface area contributed by atoms with Gasteiger partial charge in [-0.2, -0.15) is 0 Å². The fraction of sp³-hybridized carbons (Fsp3) is 0.222. The third kappa shape index (κ3) is 6.00. The van der Waals surface area contributed by atoms with E-state index in [-0.39, 0.29) is 5.56 Å². The van der Waals surface area contributed by atoms with Gasteiger partial charge in [0.05, 0.1) is 6.04 Å². The summed E-state index contributed by atoms with van der Waals surface area (Å²) in [5, 5.41) is 2.91. The predicted octanol–water partition coefficient (Wildman–Crippen LogP) is 3.42. The molecule has 138 valence electrons. The van der Waals surface area contributed by atoms with Crippen LogP contribution in [0.2, 0.25) is 5.02 Å². The molecule has 2 rings (SSSR count). The second-order valence-corrected chi connectivity index (χ2v) is 5.80.